The molecule has 1 aliphatic heterocycles. The molecule has 166 valence electrons. The molecule has 1 unspecified atom stereocenters. The Morgan fingerprint density at radius 3 is 2.24 bits per heavy atom. The van der Waals surface area contributed by atoms with Crippen molar-refractivity contribution in [3.05, 3.63) is 85.8 Å². The highest BCUT2D eigenvalue weighted by molar-refractivity contribution is 9.10. The Labute approximate surface area is 203 Å². The molecule has 0 spiro atoms. The minimum absolute atomic E-state index is 0.00146. The highest BCUT2D eigenvalue weighted by atomic mass is 79.9. The molecule has 2 aromatic rings. The normalized spacial score (nSPS) is 15.6. The van der Waals surface area contributed by atoms with Crippen molar-refractivity contribution in [1.29, 1.82) is 10.5 Å². The molecule has 2 N–H and O–H groups in total. The fourth-order valence-electron chi connectivity index (χ4n) is 3.59. The van der Waals surface area contributed by atoms with E-state index in [0.717, 1.165) is 14.2 Å². The number of carbonyl (C=O) groups excluding carboxylic acids is 2. The number of methoxy groups -OCH3 is 2. The van der Waals surface area contributed by atoms with Gasteiger partial charge in [0.25, 0.3) is 0 Å². The number of hydrogen-bond donors (Lipinski definition) is 1. The number of allylic oxidation sites excluding steroid dienone is 1. The van der Waals surface area contributed by atoms with Crippen LogP contribution in [0.15, 0.2) is 69.6 Å². The van der Waals surface area contributed by atoms with Crippen LogP contribution in [0.1, 0.15) is 17.0 Å². The number of carbonyl (C=O) groups is 2. The number of anilines is 1. The molecule has 10 heteroatoms. The zero-order chi connectivity index (χ0) is 24.3. The quantitative estimate of drug-likeness (QED) is 0.593. The lowest BCUT2D eigenvalue weighted by molar-refractivity contribution is -0.139. The molecule has 0 saturated carbocycles. The van der Waals surface area contributed by atoms with Gasteiger partial charge in [0.1, 0.15) is 11.5 Å². The van der Waals surface area contributed by atoms with E-state index < -0.39 is 17.9 Å². The predicted octanol–water partition coefficient (Wildman–Crippen LogP) is 3.87. The molecule has 33 heavy (non-hydrogen) atoms. The lowest BCUT2D eigenvalue weighted by Crippen LogP contribution is -2.41. The van der Waals surface area contributed by atoms with Gasteiger partial charge in [-0.25, -0.2) is 9.59 Å². The summed E-state index contributed by atoms with van der Waals surface area (Å²) in [6, 6.07) is 15.5. The highest BCUT2D eigenvalue weighted by Gasteiger charge is 2.43. The van der Waals surface area contributed by atoms with Gasteiger partial charge >= 0.3 is 11.9 Å². The number of rotatable bonds is 4. The van der Waals surface area contributed by atoms with Gasteiger partial charge in [0.15, 0.2) is 0 Å². The van der Waals surface area contributed by atoms with E-state index in [0.29, 0.717) is 10.0 Å². The summed E-state index contributed by atoms with van der Waals surface area (Å²) in [6.45, 7) is 0. The summed E-state index contributed by atoms with van der Waals surface area (Å²) in [5.41, 5.74) is 6.97. The summed E-state index contributed by atoms with van der Waals surface area (Å²) in [5.74, 6) is -2.88. The number of hydrogen-bond acceptors (Lipinski definition) is 8. The van der Waals surface area contributed by atoms with Crippen molar-refractivity contribution in [3.8, 4) is 12.1 Å². The first-order valence-corrected chi connectivity index (χ1v) is 10.5. The van der Waals surface area contributed by atoms with Crippen LogP contribution in [-0.4, -0.2) is 26.2 Å². The first kappa shape index (κ1) is 23.9. The summed E-state index contributed by atoms with van der Waals surface area (Å²) in [6.07, 6.45) is 0. The number of esters is 2. The van der Waals surface area contributed by atoms with E-state index in [1.54, 1.807) is 30.3 Å². The minimum atomic E-state index is -0.995. The molecule has 0 aromatic heterocycles. The molecule has 0 radical (unpaired) electrons. The highest BCUT2D eigenvalue weighted by Crippen LogP contribution is 2.46. The van der Waals surface area contributed by atoms with E-state index in [1.807, 2.05) is 6.07 Å². The maximum absolute atomic E-state index is 13.0. The molecule has 0 amide bonds. The molecule has 3 rings (SSSR count). The third-order valence-electron chi connectivity index (χ3n) is 4.98. The summed E-state index contributed by atoms with van der Waals surface area (Å²) in [7, 11) is 2.31. The summed E-state index contributed by atoms with van der Waals surface area (Å²) < 4.78 is 10.3. The van der Waals surface area contributed by atoms with Crippen LogP contribution in [0.2, 0.25) is 5.02 Å². The van der Waals surface area contributed by atoms with Crippen LogP contribution in [0, 0.1) is 22.7 Å². The van der Waals surface area contributed by atoms with Crippen LogP contribution >= 0.6 is 27.5 Å². The van der Waals surface area contributed by atoms with Crippen LogP contribution in [0.5, 0.6) is 0 Å². The van der Waals surface area contributed by atoms with Crippen molar-refractivity contribution in [3.63, 3.8) is 0 Å². The van der Waals surface area contributed by atoms with E-state index >= 15 is 0 Å². The van der Waals surface area contributed by atoms with Crippen LogP contribution in [-0.2, 0) is 19.1 Å². The molecule has 0 fully saturated rings. The number of halogens is 2. The van der Waals surface area contributed by atoms with Gasteiger partial charge in [-0.1, -0.05) is 41.9 Å². The van der Waals surface area contributed by atoms with E-state index in [2.05, 4.69) is 22.0 Å². The zero-order valence-corrected chi connectivity index (χ0v) is 19.8. The Morgan fingerprint density at radius 1 is 1.09 bits per heavy atom. The van der Waals surface area contributed by atoms with Crippen molar-refractivity contribution in [1.82, 2.24) is 0 Å². The van der Waals surface area contributed by atoms with Crippen molar-refractivity contribution in [2.75, 3.05) is 19.1 Å². The third-order valence-corrected chi connectivity index (χ3v) is 5.87. The van der Waals surface area contributed by atoms with Gasteiger partial charge in [-0.15, -0.1) is 0 Å². The Morgan fingerprint density at radius 2 is 1.73 bits per heavy atom. The van der Waals surface area contributed by atoms with E-state index in [4.69, 9.17) is 26.8 Å². The first-order valence-electron chi connectivity index (χ1n) is 9.35. The Kier molecular flexibility index (Phi) is 7.07. The van der Waals surface area contributed by atoms with Gasteiger partial charge in [0, 0.05) is 4.47 Å². The topological polar surface area (TPSA) is 129 Å². The largest absolute Gasteiger partial charge is 0.466 e. The van der Waals surface area contributed by atoms with Crippen LogP contribution in [0.4, 0.5) is 5.69 Å². The van der Waals surface area contributed by atoms with Crippen LogP contribution in [0.3, 0.4) is 0 Å². The van der Waals surface area contributed by atoms with Crippen molar-refractivity contribution in [2.45, 2.75) is 5.92 Å². The smallest absolute Gasteiger partial charge is 0.355 e. The minimum Gasteiger partial charge on any atom is -0.466 e. The summed E-state index contributed by atoms with van der Waals surface area (Å²) in [5, 5.41) is 19.3. The SMILES string of the molecule is COC(=O)C1=C(C(=O)OC)N(c2c(Cl)cc(C#N)cc2Br)C(N)=C(C#N)C1c1ccccc1. The fraction of sp³-hybridized carbons (Fsp3) is 0.130. The molecule has 0 saturated heterocycles. The number of nitrogens with two attached hydrogens (primary N) is 1. The van der Waals surface area contributed by atoms with Gasteiger partial charge in [-0.05, 0) is 33.6 Å². The standard InChI is InChI=1S/C23H16BrClN4O4/c1-32-22(30)18-17(13-6-4-3-5-7-13)14(11-27)21(28)29(20(18)23(31)33-2)19-15(24)8-12(10-26)9-16(19)25/h3-9,17H,28H2,1-2H3. The maximum Gasteiger partial charge on any atom is 0.355 e. The summed E-state index contributed by atoms with van der Waals surface area (Å²) >= 11 is 9.80. The first-order chi connectivity index (χ1) is 15.8. The van der Waals surface area contributed by atoms with Crippen molar-refractivity contribution >= 4 is 45.2 Å². The number of benzene rings is 2. The molecule has 0 bridgehead atoms. The maximum atomic E-state index is 13.0. The van der Waals surface area contributed by atoms with Gasteiger partial charge < -0.3 is 15.2 Å². The Balaban J connectivity index is 2.48. The van der Waals surface area contributed by atoms with Crippen molar-refractivity contribution in [2.24, 2.45) is 5.73 Å². The Hall–Kier alpha value is -3.79. The molecule has 8 nitrogen and oxygen atoms in total. The second kappa shape index (κ2) is 9.78. The monoisotopic (exact) mass is 526 g/mol. The van der Waals surface area contributed by atoms with Gasteiger partial charge in [-0.3, -0.25) is 4.90 Å². The third kappa shape index (κ3) is 4.17. The number of ether oxygens (including phenoxy) is 2. The van der Waals surface area contributed by atoms with E-state index in [1.165, 1.54) is 17.0 Å². The molecular weight excluding hydrogens is 512 g/mol. The second-order valence-corrected chi connectivity index (χ2v) is 8.00. The van der Waals surface area contributed by atoms with Crippen LogP contribution < -0.4 is 10.6 Å². The lowest BCUT2D eigenvalue weighted by Gasteiger charge is -2.36. The molecule has 1 atom stereocenters. The molecular formula is C23H16BrClN4O4. The molecule has 1 heterocycles. The average molecular weight is 528 g/mol. The number of nitrogens with zero attached hydrogens (tertiary/aromatic N) is 3. The Bertz CT molecular complexity index is 1270. The van der Waals surface area contributed by atoms with Gasteiger partial charge in [-0.2, -0.15) is 10.5 Å². The van der Waals surface area contributed by atoms with Gasteiger partial charge in [0.05, 0.1) is 59.7 Å². The van der Waals surface area contributed by atoms with E-state index in [-0.39, 0.29) is 38.9 Å². The second-order valence-electron chi connectivity index (χ2n) is 6.74. The van der Waals surface area contributed by atoms with E-state index in [9.17, 15) is 20.1 Å². The van der Waals surface area contributed by atoms with Crippen LogP contribution in [0.25, 0.3) is 0 Å². The fourth-order valence-corrected chi connectivity index (χ4v) is 4.64. The lowest BCUT2D eigenvalue weighted by atomic mass is 9.81. The van der Waals surface area contributed by atoms with Gasteiger partial charge in [0.2, 0.25) is 0 Å². The summed E-state index contributed by atoms with van der Waals surface area (Å²) in [4.78, 5) is 27.2. The average Bonchev–Trinajstić information content (AvgIpc) is 2.83. The number of nitriles is 2. The molecule has 2 aromatic carbocycles. The van der Waals surface area contributed by atoms with Crippen molar-refractivity contribution < 1.29 is 19.1 Å². The predicted molar refractivity (Wildman–Crippen MR) is 123 cm³/mol. The molecule has 0 aliphatic carbocycles. The zero-order valence-electron chi connectivity index (χ0n) is 17.4. The molecule has 1 aliphatic rings.